The summed E-state index contributed by atoms with van der Waals surface area (Å²) in [4.78, 5) is 7.64. The van der Waals surface area contributed by atoms with Crippen molar-refractivity contribution in [3.8, 4) is 0 Å². The summed E-state index contributed by atoms with van der Waals surface area (Å²) < 4.78 is 23.3. The van der Waals surface area contributed by atoms with Crippen LogP contribution >= 0.6 is 0 Å². The fourth-order valence-electron chi connectivity index (χ4n) is 0.305. The molecular weight excluding hydrogens is 106 g/mol. The van der Waals surface area contributed by atoms with Crippen molar-refractivity contribution in [3.63, 3.8) is 0 Å². The highest BCUT2D eigenvalue weighted by Gasteiger charge is 2.29. The van der Waals surface area contributed by atoms with Crippen LogP contribution in [0.4, 0.5) is 8.78 Å². The summed E-state index contributed by atoms with van der Waals surface area (Å²) in [5, 5.41) is 0. The van der Waals surface area contributed by atoms with E-state index >= 15 is 0 Å². The Morgan fingerprint density at radius 1 is 1.43 bits per heavy atom. The van der Waals surface area contributed by atoms with Crippen LogP contribution < -0.4 is 0 Å². The highest BCUT2D eigenvalue weighted by molar-refractivity contribution is 4.58. The van der Waals surface area contributed by atoms with Crippen LogP contribution in [0.2, 0.25) is 0 Å². The SMILES string of the molecule is FC1COOC1F. The number of rotatable bonds is 0. The van der Waals surface area contributed by atoms with Crippen LogP contribution in [0.15, 0.2) is 0 Å². The molecule has 0 aromatic heterocycles. The number of hydrogen-bond donors (Lipinski definition) is 0. The third-order valence-electron chi connectivity index (χ3n) is 0.672. The molecule has 1 fully saturated rings. The molecule has 7 heavy (non-hydrogen) atoms. The van der Waals surface area contributed by atoms with E-state index in [1.54, 1.807) is 0 Å². The monoisotopic (exact) mass is 110 g/mol. The molecule has 0 radical (unpaired) electrons. The Kier molecular flexibility index (Phi) is 1.21. The maximum atomic E-state index is 11.7. The molecule has 1 saturated heterocycles. The van der Waals surface area contributed by atoms with Gasteiger partial charge in [-0.2, -0.15) is 4.89 Å². The van der Waals surface area contributed by atoms with Gasteiger partial charge in [-0.1, -0.05) is 0 Å². The van der Waals surface area contributed by atoms with E-state index in [-0.39, 0.29) is 6.61 Å². The lowest BCUT2D eigenvalue weighted by Gasteiger charge is -1.91. The second-order valence-corrected chi connectivity index (χ2v) is 1.25. The largest absolute Gasteiger partial charge is 0.264 e. The van der Waals surface area contributed by atoms with Gasteiger partial charge in [-0.15, -0.1) is 0 Å². The molecule has 0 bridgehead atoms. The molecule has 1 heterocycles. The lowest BCUT2D eigenvalue weighted by molar-refractivity contribution is -0.300. The molecule has 2 atom stereocenters. The van der Waals surface area contributed by atoms with Crippen LogP contribution in [0.5, 0.6) is 0 Å². The van der Waals surface area contributed by atoms with E-state index in [0.29, 0.717) is 0 Å². The summed E-state index contributed by atoms with van der Waals surface area (Å²) in [5.41, 5.74) is 0. The first-order chi connectivity index (χ1) is 3.30. The maximum absolute atomic E-state index is 11.7. The van der Waals surface area contributed by atoms with Crippen molar-refractivity contribution in [3.05, 3.63) is 0 Å². The summed E-state index contributed by atoms with van der Waals surface area (Å²) in [6.45, 7) is -0.291. The van der Waals surface area contributed by atoms with Crippen LogP contribution in [0.3, 0.4) is 0 Å². The minimum atomic E-state index is -1.88. The second-order valence-electron chi connectivity index (χ2n) is 1.25. The van der Waals surface area contributed by atoms with Crippen molar-refractivity contribution in [2.45, 2.75) is 12.5 Å². The van der Waals surface area contributed by atoms with Crippen LogP contribution in [-0.4, -0.2) is 19.1 Å². The first kappa shape index (κ1) is 4.93. The van der Waals surface area contributed by atoms with Gasteiger partial charge < -0.3 is 0 Å². The number of halogens is 2. The predicted molar refractivity (Wildman–Crippen MR) is 16.8 cm³/mol. The van der Waals surface area contributed by atoms with Crippen LogP contribution in [0.1, 0.15) is 0 Å². The highest BCUT2D eigenvalue weighted by Crippen LogP contribution is 2.13. The second kappa shape index (κ2) is 1.71. The molecule has 4 heteroatoms. The molecule has 2 nitrogen and oxygen atoms in total. The molecule has 0 aromatic carbocycles. The van der Waals surface area contributed by atoms with Gasteiger partial charge in [-0.05, 0) is 0 Å². The van der Waals surface area contributed by atoms with Gasteiger partial charge in [-0.3, -0.25) is 0 Å². The van der Waals surface area contributed by atoms with Crippen molar-refractivity contribution >= 4 is 0 Å². The van der Waals surface area contributed by atoms with Gasteiger partial charge in [0.15, 0.2) is 6.17 Å². The highest BCUT2D eigenvalue weighted by atomic mass is 19.2. The van der Waals surface area contributed by atoms with E-state index in [4.69, 9.17) is 0 Å². The van der Waals surface area contributed by atoms with Crippen molar-refractivity contribution in [2.24, 2.45) is 0 Å². The fourth-order valence-corrected chi connectivity index (χ4v) is 0.305. The molecule has 0 amide bonds. The molecule has 1 rings (SSSR count). The van der Waals surface area contributed by atoms with Gasteiger partial charge >= 0.3 is 0 Å². The first-order valence-corrected chi connectivity index (χ1v) is 1.87. The Hall–Kier alpha value is -0.220. The Bertz CT molecular complexity index is 60.0. The summed E-state index contributed by atoms with van der Waals surface area (Å²) in [7, 11) is 0. The smallest absolute Gasteiger partial charge is 0.239 e. The van der Waals surface area contributed by atoms with Crippen LogP contribution in [0, 0.1) is 0 Å². The van der Waals surface area contributed by atoms with Crippen LogP contribution in [-0.2, 0) is 9.78 Å². The molecule has 42 valence electrons. The minimum absolute atomic E-state index is 0.291. The lowest BCUT2D eigenvalue weighted by Crippen LogP contribution is -2.11. The molecule has 0 saturated carbocycles. The number of alkyl halides is 2. The Labute approximate surface area is 39.0 Å². The third kappa shape index (κ3) is 0.863. The van der Waals surface area contributed by atoms with E-state index in [9.17, 15) is 8.78 Å². The normalized spacial score (nSPS) is 42.0. The van der Waals surface area contributed by atoms with Crippen molar-refractivity contribution in [1.82, 2.24) is 0 Å². The van der Waals surface area contributed by atoms with Gasteiger partial charge in [0.2, 0.25) is 0 Å². The number of hydrogen-bond acceptors (Lipinski definition) is 2. The molecule has 0 N–H and O–H groups in total. The average molecular weight is 110 g/mol. The van der Waals surface area contributed by atoms with Gasteiger partial charge in [-0.25, -0.2) is 13.7 Å². The standard InChI is InChI=1S/C3H4F2O2/c4-2-1-6-7-3(2)5/h2-3H,1H2. The summed E-state index contributed by atoms with van der Waals surface area (Å²) in [5.74, 6) is 0. The molecule has 2 unspecified atom stereocenters. The van der Waals surface area contributed by atoms with Crippen molar-refractivity contribution < 1.29 is 18.6 Å². The first-order valence-electron chi connectivity index (χ1n) is 1.87. The fraction of sp³-hybridized carbons (Fsp3) is 1.00. The topological polar surface area (TPSA) is 18.5 Å². The summed E-state index contributed by atoms with van der Waals surface area (Å²) in [6.07, 6.45) is -3.47. The van der Waals surface area contributed by atoms with Gasteiger partial charge in [0, 0.05) is 0 Å². The Morgan fingerprint density at radius 3 is 2.29 bits per heavy atom. The molecule has 1 aliphatic heterocycles. The van der Waals surface area contributed by atoms with E-state index in [0.717, 1.165) is 0 Å². The summed E-state index contributed by atoms with van der Waals surface area (Å²) >= 11 is 0. The van der Waals surface area contributed by atoms with Crippen molar-refractivity contribution in [1.29, 1.82) is 0 Å². The molecule has 0 aromatic rings. The zero-order valence-corrected chi connectivity index (χ0v) is 3.43. The zero-order chi connectivity index (χ0) is 5.28. The van der Waals surface area contributed by atoms with Gasteiger partial charge in [0.1, 0.15) is 6.61 Å². The quantitative estimate of drug-likeness (QED) is 0.425. The van der Waals surface area contributed by atoms with E-state index < -0.39 is 12.5 Å². The van der Waals surface area contributed by atoms with Gasteiger partial charge in [0.05, 0.1) is 0 Å². The predicted octanol–water partition coefficient (Wildman–Crippen LogP) is 0.582. The van der Waals surface area contributed by atoms with Crippen LogP contribution in [0.25, 0.3) is 0 Å². The van der Waals surface area contributed by atoms with E-state index in [1.165, 1.54) is 0 Å². The minimum Gasteiger partial charge on any atom is -0.239 e. The van der Waals surface area contributed by atoms with E-state index in [2.05, 4.69) is 9.78 Å². The lowest BCUT2D eigenvalue weighted by atomic mass is 10.4. The maximum Gasteiger partial charge on any atom is 0.264 e. The van der Waals surface area contributed by atoms with Gasteiger partial charge in [0.25, 0.3) is 6.36 Å². The molecular formula is C3H4F2O2. The average Bonchev–Trinajstić information content (AvgIpc) is 1.91. The Morgan fingerprint density at radius 2 is 2.14 bits per heavy atom. The zero-order valence-electron chi connectivity index (χ0n) is 3.43. The molecule has 1 aliphatic rings. The molecule has 0 spiro atoms. The van der Waals surface area contributed by atoms with Crippen molar-refractivity contribution in [2.75, 3.05) is 6.61 Å². The Balaban J connectivity index is 2.33. The molecule has 0 aliphatic carbocycles. The summed E-state index contributed by atoms with van der Waals surface area (Å²) in [6, 6.07) is 0. The van der Waals surface area contributed by atoms with E-state index in [1.807, 2.05) is 0 Å². The third-order valence-corrected chi connectivity index (χ3v) is 0.672.